The van der Waals surface area contributed by atoms with Crippen LogP contribution in [0.15, 0.2) is 0 Å². The summed E-state index contributed by atoms with van der Waals surface area (Å²) in [6.45, 7) is 7.14. The van der Waals surface area contributed by atoms with Crippen LogP contribution in [-0.4, -0.2) is 36.8 Å². The summed E-state index contributed by atoms with van der Waals surface area (Å²) in [7, 11) is 0. The fourth-order valence-corrected chi connectivity index (χ4v) is 0.894. The molecule has 3 N–H and O–H groups in total. The molecule has 0 radical (unpaired) electrons. The van der Waals surface area contributed by atoms with Crippen LogP contribution in [0.2, 0.25) is 0 Å². The molecule has 0 aliphatic heterocycles. The molecule has 14 heavy (non-hydrogen) atoms. The molecule has 0 aromatic heterocycles. The number of rotatable bonds is 7. The van der Waals surface area contributed by atoms with E-state index in [0.717, 1.165) is 13.0 Å². The number of aliphatic hydroxyl groups is 1. The molecule has 0 saturated carbocycles. The normalized spacial score (nSPS) is 12.9. The monoisotopic (exact) mass is 202 g/mol. The van der Waals surface area contributed by atoms with Crippen molar-refractivity contribution < 1.29 is 9.90 Å². The minimum absolute atomic E-state index is 0.00838. The van der Waals surface area contributed by atoms with Crippen LogP contribution in [0.3, 0.4) is 0 Å². The zero-order valence-corrected chi connectivity index (χ0v) is 9.34. The number of carbonyl (C=O) groups excluding carboxylic acids is 1. The largest absolute Gasteiger partial charge is 0.395 e. The SMILES string of the molecule is CC(C)CCNC(=O)CNC(C)CO. The van der Waals surface area contributed by atoms with Crippen molar-refractivity contribution in [3.8, 4) is 0 Å². The Kier molecular flexibility index (Phi) is 7.42. The Morgan fingerprint density at radius 2 is 2.00 bits per heavy atom. The number of nitrogens with one attached hydrogen (secondary N) is 2. The van der Waals surface area contributed by atoms with Crippen LogP contribution in [0, 0.1) is 5.92 Å². The van der Waals surface area contributed by atoms with Gasteiger partial charge in [-0.3, -0.25) is 4.79 Å². The molecule has 1 atom stereocenters. The van der Waals surface area contributed by atoms with Crippen LogP contribution < -0.4 is 10.6 Å². The van der Waals surface area contributed by atoms with Gasteiger partial charge in [-0.25, -0.2) is 0 Å². The van der Waals surface area contributed by atoms with Gasteiger partial charge in [0.2, 0.25) is 5.91 Å². The van der Waals surface area contributed by atoms with Gasteiger partial charge in [0.15, 0.2) is 0 Å². The van der Waals surface area contributed by atoms with Crippen LogP contribution in [0.4, 0.5) is 0 Å². The molecule has 4 nitrogen and oxygen atoms in total. The van der Waals surface area contributed by atoms with Gasteiger partial charge in [0.05, 0.1) is 13.2 Å². The van der Waals surface area contributed by atoms with Crippen LogP contribution in [0.25, 0.3) is 0 Å². The van der Waals surface area contributed by atoms with E-state index in [9.17, 15) is 4.79 Å². The maximum absolute atomic E-state index is 11.2. The molecule has 0 aromatic carbocycles. The lowest BCUT2D eigenvalue weighted by atomic mass is 10.1. The van der Waals surface area contributed by atoms with E-state index < -0.39 is 0 Å². The lowest BCUT2D eigenvalue weighted by molar-refractivity contribution is -0.120. The minimum Gasteiger partial charge on any atom is -0.395 e. The van der Waals surface area contributed by atoms with E-state index in [0.29, 0.717) is 5.92 Å². The Balaban J connectivity index is 3.37. The second kappa shape index (κ2) is 7.76. The van der Waals surface area contributed by atoms with E-state index in [1.54, 1.807) is 0 Å². The standard InChI is InChI=1S/C10H22N2O2/c1-8(2)4-5-11-10(14)6-12-9(3)7-13/h8-9,12-13H,4-7H2,1-3H3,(H,11,14). The van der Waals surface area contributed by atoms with E-state index >= 15 is 0 Å². The highest BCUT2D eigenvalue weighted by atomic mass is 16.3. The molecular formula is C10H22N2O2. The van der Waals surface area contributed by atoms with Crippen molar-refractivity contribution in [3.05, 3.63) is 0 Å². The topological polar surface area (TPSA) is 61.4 Å². The first-order chi connectivity index (χ1) is 6.56. The lowest BCUT2D eigenvalue weighted by Gasteiger charge is -2.11. The second-order valence-electron chi connectivity index (χ2n) is 4.00. The average molecular weight is 202 g/mol. The summed E-state index contributed by atoms with van der Waals surface area (Å²) >= 11 is 0. The van der Waals surface area contributed by atoms with E-state index in [1.807, 2.05) is 6.92 Å². The summed E-state index contributed by atoms with van der Waals surface area (Å²) in [6, 6.07) is -0.0224. The maximum Gasteiger partial charge on any atom is 0.233 e. The van der Waals surface area contributed by atoms with E-state index in [1.165, 1.54) is 0 Å². The highest BCUT2D eigenvalue weighted by molar-refractivity contribution is 5.77. The Labute approximate surface area is 86.1 Å². The predicted molar refractivity (Wildman–Crippen MR) is 57.0 cm³/mol. The van der Waals surface area contributed by atoms with Crippen LogP contribution in [-0.2, 0) is 4.79 Å². The van der Waals surface area contributed by atoms with Crippen molar-refractivity contribution in [2.24, 2.45) is 5.92 Å². The van der Waals surface area contributed by atoms with Gasteiger partial charge in [0.1, 0.15) is 0 Å². The smallest absolute Gasteiger partial charge is 0.233 e. The molecule has 84 valence electrons. The number of hydrogen-bond donors (Lipinski definition) is 3. The Bertz CT molecular complexity index is 160. The highest BCUT2D eigenvalue weighted by Crippen LogP contribution is 1.95. The summed E-state index contributed by atoms with van der Waals surface area (Å²) in [5.74, 6) is 0.602. The van der Waals surface area contributed by atoms with Crippen LogP contribution in [0.5, 0.6) is 0 Å². The van der Waals surface area contributed by atoms with Gasteiger partial charge in [0, 0.05) is 12.6 Å². The third kappa shape index (κ3) is 8.01. The summed E-state index contributed by atoms with van der Waals surface area (Å²) in [5.41, 5.74) is 0. The summed E-state index contributed by atoms with van der Waals surface area (Å²) in [6.07, 6.45) is 1.00. The lowest BCUT2D eigenvalue weighted by Crippen LogP contribution is -2.39. The molecular weight excluding hydrogens is 180 g/mol. The molecule has 0 bridgehead atoms. The summed E-state index contributed by atoms with van der Waals surface area (Å²) < 4.78 is 0. The Morgan fingerprint density at radius 3 is 2.50 bits per heavy atom. The van der Waals surface area contributed by atoms with Gasteiger partial charge in [-0.2, -0.15) is 0 Å². The number of amides is 1. The van der Waals surface area contributed by atoms with Crippen molar-refractivity contribution in [1.29, 1.82) is 0 Å². The Hall–Kier alpha value is -0.610. The zero-order chi connectivity index (χ0) is 11.0. The van der Waals surface area contributed by atoms with Gasteiger partial charge < -0.3 is 15.7 Å². The van der Waals surface area contributed by atoms with E-state index in [4.69, 9.17) is 5.11 Å². The van der Waals surface area contributed by atoms with Gasteiger partial charge in [-0.1, -0.05) is 13.8 Å². The summed E-state index contributed by atoms with van der Waals surface area (Å²) in [5, 5.41) is 14.4. The predicted octanol–water partition coefficient (Wildman–Crippen LogP) is 0.119. The van der Waals surface area contributed by atoms with Crippen LogP contribution >= 0.6 is 0 Å². The minimum atomic E-state index is -0.0224. The van der Waals surface area contributed by atoms with Gasteiger partial charge in [0.25, 0.3) is 0 Å². The van der Waals surface area contributed by atoms with Crippen molar-refractivity contribution in [1.82, 2.24) is 10.6 Å². The Morgan fingerprint density at radius 1 is 1.36 bits per heavy atom. The molecule has 0 aromatic rings. The molecule has 0 rings (SSSR count). The summed E-state index contributed by atoms with van der Waals surface area (Å²) in [4.78, 5) is 11.2. The molecule has 0 fully saturated rings. The van der Waals surface area contributed by atoms with Crippen molar-refractivity contribution >= 4 is 5.91 Å². The van der Waals surface area contributed by atoms with E-state index in [2.05, 4.69) is 24.5 Å². The first-order valence-electron chi connectivity index (χ1n) is 5.17. The van der Waals surface area contributed by atoms with Crippen molar-refractivity contribution in [2.45, 2.75) is 33.2 Å². The first-order valence-corrected chi connectivity index (χ1v) is 5.17. The molecule has 4 heteroatoms. The quantitative estimate of drug-likeness (QED) is 0.549. The molecule has 0 spiro atoms. The molecule has 0 heterocycles. The third-order valence-electron chi connectivity index (χ3n) is 1.93. The van der Waals surface area contributed by atoms with Gasteiger partial charge in [-0.15, -0.1) is 0 Å². The molecule has 0 aliphatic carbocycles. The van der Waals surface area contributed by atoms with Crippen molar-refractivity contribution in [2.75, 3.05) is 19.7 Å². The second-order valence-corrected chi connectivity index (χ2v) is 4.00. The molecule has 0 saturated heterocycles. The zero-order valence-electron chi connectivity index (χ0n) is 9.34. The first kappa shape index (κ1) is 13.4. The van der Waals surface area contributed by atoms with Crippen LogP contribution in [0.1, 0.15) is 27.2 Å². The fourth-order valence-electron chi connectivity index (χ4n) is 0.894. The van der Waals surface area contributed by atoms with Gasteiger partial charge >= 0.3 is 0 Å². The number of carbonyl (C=O) groups is 1. The molecule has 1 unspecified atom stereocenters. The average Bonchev–Trinajstić information content (AvgIpc) is 2.13. The molecule has 1 amide bonds. The number of hydrogen-bond acceptors (Lipinski definition) is 3. The third-order valence-corrected chi connectivity index (χ3v) is 1.93. The fraction of sp³-hybridized carbons (Fsp3) is 0.900. The maximum atomic E-state index is 11.2. The van der Waals surface area contributed by atoms with Crippen molar-refractivity contribution in [3.63, 3.8) is 0 Å². The van der Waals surface area contributed by atoms with E-state index in [-0.39, 0.29) is 25.1 Å². The highest BCUT2D eigenvalue weighted by Gasteiger charge is 2.03. The van der Waals surface area contributed by atoms with Gasteiger partial charge in [-0.05, 0) is 19.3 Å². The number of aliphatic hydroxyl groups excluding tert-OH is 1. The molecule has 0 aliphatic rings.